The molecular weight excluding hydrogens is 472 g/mol. The summed E-state index contributed by atoms with van der Waals surface area (Å²) in [5.41, 5.74) is 4.01. The second-order valence-electron chi connectivity index (χ2n) is 8.28. The van der Waals surface area contributed by atoms with Crippen molar-refractivity contribution in [1.82, 2.24) is 20.4 Å². The van der Waals surface area contributed by atoms with Crippen molar-refractivity contribution in [3.63, 3.8) is 0 Å². The van der Waals surface area contributed by atoms with Crippen LogP contribution in [-0.4, -0.2) is 41.9 Å². The summed E-state index contributed by atoms with van der Waals surface area (Å²) in [5.74, 6) is 0.478. The molecule has 1 saturated heterocycles. The van der Waals surface area contributed by atoms with E-state index in [-0.39, 0.29) is 0 Å². The molecule has 1 aliphatic heterocycles. The lowest BCUT2D eigenvalue weighted by Gasteiger charge is -2.22. The van der Waals surface area contributed by atoms with E-state index in [0.29, 0.717) is 51.4 Å². The van der Waals surface area contributed by atoms with Crippen LogP contribution in [0.25, 0.3) is 34.0 Å². The Balaban J connectivity index is 1.44. The van der Waals surface area contributed by atoms with Gasteiger partial charge in [-0.2, -0.15) is 0 Å². The monoisotopic (exact) mass is 494 g/mol. The van der Waals surface area contributed by atoms with E-state index in [2.05, 4.69) is 15.5 Å². The lowest BCUT2D eigenvalue weighted by Crippen LogP contribution is -2.38. The van der Waals surface area contributed by atoms with Gasteiger partial charge in [-0.25, -0.2) is 13.4 Å². The van der Waals surface area contributed by atoms with Gasteiger partial charge in [0.2, 0.25) is 0 Å². The van der Waals surface area contributed by atoms with Crippen molar-refractivity contribution in [1.29, 1.82) is 0 Å². The molecule has 34 heavy (non-hydrogen) atoms. The fourth-order valence-electron chi connectivity index (χ4n) is 4.10. The summed E-state index contributed by atoms with van der Waals surface area (Å²) in [6.07, 6.45) is 3.21. The van der Waals surface area contributed by atoms with Crippen LogP contribution in [0.15, 0.2) is 70.2 Å². The van der Waals surface area contributed by atoms with E-state index in [1.165, 1.54) is 0 Å². The zero-order valence-corrected chi connectivity index (χ0v) is 20.1. The van der Waals surface area contributed by atoms with E-state index < -0.39 is 15.1 Å². The lowest BCUT2D eigenvalue weighted by atomic mass is 10.1. The molecule has 1 aliphatic rings. The molecule has 4 aromatic rings. The Bertz CT molecular complexity index is 1430. The number of aromatic nitrogens is 3. The van der Waals surface area contributed by atoms with Crippen LogP contribution in [0.2, 0.25) is 5.02 Å². The Kier molecular flexibility index (Phi) is 6.20. The fourth-order valence-corrected chi connectivity index (χ4v) is 6.04. The topological polar surface area (TPSA) is 98.0 Å². The quantitative estimate of drug-likeness (QED) is 0.419. The molecule has 5 rings (SSSR count). The van der Waals surface area contributed by atoms with E-state index >= 15 is 0 Å². The first-order valence-electron chi connectivity index (χ1n) is 11.0. The Morgan fingerprint density at radius 2 is 1.88 bits per heavy atom. The fraction of sp³-hybridized carbons (Fsp3) is 0.240. The molecule has 174 valence electrons. The number of aryl methyl sites for hydroxylation is 1. The van der Waals surface area contributed by atoms with Gasteiger partial charge in [0.05, 0.1) is 32.8 Å². The third kappa shape index (κ3) is 4.36. The van der Waals surface area contributed by atoms with Gasteiger partial charge >= 0.3 is 0 Å². The molecule has 7 nitrogen and oxygen atoms in total. The highest BCUT2D eigenvalue weighted by Gasteiger charge is 2.28. The van der Waals surface area contributed by atoms with Crippen LogP contribution < -0.4 is 5.32 Å². The standard InChI is InChI=1S/C25H23ClN4O3S/c1-16-25(24-13-22(30-33-24)20-6-2-3-7-21(20)26)29-23(15-28-16)17-8-10-18(11-9-17)34(31,32)19-5-4-12-27-14-19/h2-3,6-11,13,15,19,27H,4-5,12,14H2,1H3. The second kappa shape index (κ2) is 9.29. The number of piperidine rings is 1. The maximum Gasteiger partial charge on any atom is 0.187 e. The molecule has 0 saturated carbocycles. The average molecular weight is 495 g/mol. The maximum atomic E-state index is 13.0. The van der Waals surface area contributed by atoms with Crippen molar-refractivity contribution < 1.29 is 12.9 Å². The van der Waals surface area contributed by atoms with Gasteiger partial charge in [-0.1, -0.05) is 47.1 Å². The summed E-state index contributed by atoms with van der Waals surface area (Å²) in [7, 11) is -3.38. The average Bonchev–Trinajstić information content (AvgIpc) is 3.35. The van der Waals surface area contributed by atoms with Gasteiger partial charge < -0.3 is 9.84 Å². The molecule has 2 aromatic carbocycles. The van der Waals surface area contributed by atoms with Crippen LogP contribution >= 0.6 is 11.6 Å². The Labute approximate surface area is 203 Å². The van der Waals surface area contributed by atoms with Gasteiger partial charge in [0.15, 0.2) is 15.6 Å². The molecule has 3 heterocycles. The summed E-state index contributed by atoms with van der Waals surface area (Å²) >= 11 is 6.29. The third-order valence-corrected chi connectivity index (χ3v) is 8.56. The van der Waals surface area contributed by atoms with Crippen molar-refractivity contribution in [3.05, 3.63) is 71.5 Å². The van der Waals surface area contributed by atoms with Crippen LogP contribution in [0.1, 0.15) is 18.5 Å². The number of nitrogens with zero attached hydrogens (tertiary/aromatic N) is 3. The number of halogens is 1. The smallest absolute Gasteiger partial charge is 0.187 e. The van der Waals surface area contributed by atoms with Crippen molar-refractivity contribution in [2.75, 3.05) is 13.1 Å². The number of hydrogen-bond donors (Lipinski definition) is 1. The predicted molar refractivity (Wildman–Crippen MR) is 131 cm³/mol. The molecule has 1 N–H and O–H groups in total. The van der Waals surface area contributed by atoms with Gasteiger partial charge in [0.1, 0.15) is 11.4 Å². The van der Waals surface area contributed by atoms with Crippen LogP contribution in [0.4, 0.5) is 0 Å². The second-order valence-corrected chi connectivity index (χ2v) is 10.9. The van der Waals surface area contributed by atoms with Crippen LogP contribution in [0.5, 0.6) is 0 Å². The highest BCUT2D eigenvalue weighted by Crippen LogP contribution is 2.32. The molecule has 0 spiro atoms. The van der Waals surface area contributed by atoms with E-state index in [9.17, 15) is 8.42 Å². The normalized spacial score (nSPS) is 16.5. The zero-order valence-electron chi connectivity index (χ0n) is 18.5. The summed E-state index contributed by atoms with van der Waals surface area (Å²) in [6, 6.07) is 16.0. The predicted octanol–water partition coefficient (Wildman–Crippen LogP) is 4.95. The molecule has 0 aliphatic carbocycles. The minimum absolute atomic E-state index is 0.324. The zero-order chi connectivity index (χ0) is 23.7. The van der Waals surface area contributed by atoms with Crippen LogP contribution in [-0.2, 0) is 9.84 Å². The first-order chi connectivity index (χ1) is 16.4. The van der Waals surface area contributed by atoms with Crippen molar-refractivity contribution in [2.45, 2.75) is 29.9 Å². The maximum absolute atomic E-state index is 13.0. The first kappa shape index (κ1) is 22.7. The van der Waals surface area contributed by atoms with Gasteiger partial charge in [-0.05, 0) is 44.5 Å². The minimum atomic E-state index is -3.38. The van der Waals surface area contributed by atoms with Gasteiger partial charge in [0.25, 0.3) is 0 Å². The largest absolute Gasteiger partial charge is 0.354 e. The summed E-state index contributed by atoms with van der Waals surface area (Å²) in [6.45, 7) is 3.20. The van der Waals surface area contributed by atoms with E-state index in [1.54, 1.807) is 42.6 Å². The molecule has 1 unspecified atom stereocenters. The number of nitrogens with one attached hydrogen (secondary N) is 1. The first-order valence-corrected chi connectivity index (χ1v) is 13.0. The Hall–Kier alpha value is -3.07. The molecule has 2 aromatic heterocycles. The molecule has 0 amide bonds. The van der Waals surface area contributed by atoms with Crippen molar-refractivity contribution >= 4 is 21.4 Å². The van der Waals surface area contributed by atoms with E-state index in [4.69, 9.17) is 21.1 Å². The third-order valence-electron chi connectivity index (χ3n) is 6.02. The summed E-state index contributed by atoms with van der Waals surface area (Å²) < 4.78 is 31.5. The Morgan fingerprint density at radius 3 is 2.62 bits per heavy atom. The molecule has 1 atom stereocenters. The van der Waals surface area contributed by atoms with Crippen molar-refractivity contribution in [2.24, 2.45) is 0 Å². The number of rotatable bonds is 5. The molecule has 1 fully saturated rings. The molecule has 9 heteroatoms. The highest BCUT2D eigenvalue weighted by molar-refractivity contribution is 7.92. The minimum Gasteiger partial charge on any atom is -0.354 e. The van der Waals surface area contributed by atoms with Gasteiger partial charge in [0, 0.05) is 23.7 Å². The molecule has 0 radical (unpaired) electrons. The van der Waals surface area contributed by atoms with E-state index in [0.717, 1.165) is 24.1 Å². The highest BCUT2D eigenvalue weighted by atomic mass is 35.5. The molecule has 0 bridgehead atoms. The lowest BCUT2D eigenvalue weighted by molar-refractivity contribution is 0.433. The Morgan fingerprint density at radius 1 is 1.09 bits per heavy atom. The van der Waals surface area contributed by atoms with Gasteiger partial charge in [-0.3, -0.25) is 4.98 Å². The summed E-state index contributed by atoms with van der Waals surface area (Å²) in [5, 5.41) is 7.51. The van der Waals surface area contributed by atoms with Crippen LogP contribution in [0, 0.1) is 6.92 Å². The summed E-state index contributed by atoms with van der Waals surface area (Å²) in [4.78, 5) is 9.53. The molecular formula is C25H23ClN4O3S. The number of benzene rings is 2. The number of hydrogen-bond acceptors (Lipinski definition) is 7. The van der Waals surface area contributed by atoms with Gasteiger partial charge in [-0.15, -0.1) is 0 Å². The van der Waals surface area contributed by atoms with E-state index in [1.807, 2.05) is 25.1 Å². The van der Waals surface area contributed by atoms with Crippen LogP contribution in [0.3, 0.4) is 0 Å². The SMILES string of the molecule is Cc1ncc(-c2ccc(S(=O)(=O)C3CCCNC3)cc2)nc1-c1cc(-c2ccccc2Cl)no1. The number of sulfone groups is 1. The van der Waals surface area contributed by atoms with Crippen molar-refractivity contribution in [3.8, 4) is 34.0 Å².